The number of fused-ring (bicyclic) bond motifs is 1. The van der Waals surface area contributed by atoms with Crippen molar-refractivity contribution < 1.29 is 0 Å². The van der Waals surface area contributed by atoms with Crippen molar-refractivity contribution in [2.24, 2.45) is 0 Å². The Morgan fingerprint density at radius 3 is 2.71 bits per heavy atom. The Morgan fingerprint density at radius 2 is 1.90 bits per heavy atom. The third kappa shape index (κ3) is 2.51. The zero-order valence-corrected chi connectivity index (χ0v) is 12.7. The molecule has 0 aliphatic heterocycles. The lowest BCUT2D eigenvalue weighted by Gasteiger charge is -2.39. The molecule has 0 spiro atoms. The second-order valence-electron chi connectivity index (χ2n) is 6.79. The normalized spacial score (nSPS) is 26.6. The summed E-state index contributed by atoms with van der Waals surface area (Å²) in [6, 6.07) is 18.6. The third-order valence-electron chi connectivity index (χ3n) is 5.27. The Balaban J connectivity index is 1.26. The molecule has 0 bridgehead atoms. The highest BCUT2D eigenvalue weighted by Crippen LogP contribution is 2.38. The van der Waals surface area contributed by atoms with Crippen LogP contribution >= 0.6 is 0 Å². The number of benzene rings is 2. The highest BCUT2D eigenvalue weighted by Gasteiger charge is 2.32. The molecular formula is C20H23N. The lowest BCUT2D eigenvalue weighted by molar-refractivity contribution is 0.283. The molecular weight excluding hydrogens is 254 g/mol. The summed E-state index contributed by atoms with van der Waals surface area (Å²) in [6.45, 7) is 3.34. The maximum atomic E-state index is 3.78. The fourth-order valence-electron chi connectivity index (χ4n) is 3.83. The number of hydrogen-bond acceptors (Lipinski definition) is 1. The van der Waals surface area contributed by atoms with Gasteiger partial charge in [0.2, 0.25) is 0 Å². The van der Waals surface area contributed by atoms with Crippen LogP contribution in [0.5, 0.6) is 0 Å². The summed E-state index contributed by atoms with van der Waals surface area (Å²) in [5.74, 6) is 1.52. The quantitative estimate of drug-likeness (QED) is 0.884. The molecule has 108 valence electrons. The van der Waals surface area contributed by atoms with E-state index in [2.05, 4.69) is 60.8 Å². The van der Waals surface area contributed by atoms with Gasteiger partial charge in [0.1, 0.15) is 0 Å². The van der Waals surface area contributed by atoms with Crippen molar-refractivity contribution in [3.05, 3.63) is 70.8 Å². The molecule has 0 radical (unpaired) electrons. The van der Waals surface area contributed by atoms with E-state index < -0.39 is 0 Å². The van der Waals surface area contributed by atoms with Crippen molar-refractivity contribution in [2.45, 2.75) is 44.1 Å². The molecule has 21 heavy (non-hydrogen) atoms. The van der Waals surface area contributed by atoms with E-state index in [-0.39, 0.29) is 0 Å². The summed E-state index contributed by atoms with van der Waals surface area (Å²) in [7, 11) is 0. The van der Waals surface area contributed by atoms with Crippen molar-refractivity contribution in [1.29, 1.82) is 0 Å². The molecule has 0 aromatic heterocycles. The third-order valence-corrected chi connectivity index (χ3v) is 5.27. The number of rotatable bonds is 4. The van der Waals surface area contributed by atoms with Gasteiger partial charge in [0.15, 0.2) is 0 Å². The van der Waals surface area contributed by atoms with Crippen molar-refractivity contribution in [1.82, 2.24) is 5.32 Å². The van der Waals surface area contributed by atoms with Gasteiger partial charge in [0, 0.05) is 18.5 Å². The predicted octanol–water partition coefficient (Wildman–Crippen LogP) is 4.17. The Bertz CT molecular complexity index is 640. The molecule has 2 aliphatic carbocycles. The molecule has 1 fully saturated rings. The molecule has 1 heteroatoms. The van der Waals surface area contributed by atoms with Crippen LogP contribution in [0.25, 0.3) is 0 Å². The van der Waals surface area contributed by atoms with E-state index in [0.29, 0.717) is 0 Å². The Hall–Kier alpha value is -1.60. The summed E-state index contributed by atoms with van der Waals surface area (Å²) in [5.41, 5.74) is 6.03. The van der Waals surface area contributed by atoms with Crippen LogP contribution in [-0.4, -0.2) is 12.6 Å². The standard InChI is InChI=1S/C20H23N/c1-14-5-4-7-15(9-14)17-11-19(12-17)21-13-18-10-16-6-2-3-8-20(16)18/h2-9,17-19,21H,10-13H2,1H3. The first-order valence-electron chi connectivity index (χ1n) is 8.17. The zero-order chi connectivity index (χ0) is 14.2. The lowest BCUT2D eigenvalue weighted by atomic mass is 9.74. The lowest BCUT2D eigenvalue weighted by Crippen LogP contribution is -2.43. The van der Waals surface area contributed by atoms with Gasteiger partial charge >= 0.3 is 0 Å². The summed E-state index contributed by atoms with van der Waals surface area (Å²) in [4.78, 5) is 0. The van der Waals surface area contributed by atoms with Crippen LogP contribution in [0.2, 0.25) is 0 Å². The van der Waals surface area contributed by atoms with Gasteiger partial charge in [-0.1, -0.05) is 54.1 Å². The largest absolute Gasteiger partial charge is 0.313 e. The van der Waals surface area contributed by atoms with Gasteiger partial charge in [-0.2, -0.15) is 0 Å². The van der Waals surface area contributed by atoms with Crippen molar-refractivity contribution in [2.75, 3.05) is 6.54 Å². The summed E-state index contributed by atoms with van der Waals surface area (Å²) < 4.78 is 0. The summed E-state index contributed by atoms with van der Waals surface area (Å²) >= 11 is 0. The Morgan fingerprint density at radius 1 is 1.05 bits per heavy atom. The highest BCUT2D eigenvalue weighted by molar-refractivity contribution is 5.40. The van der Waals surface area contributed by atoms with Gasteiger partial charge in [-0.05, 0) is 48.8 Å². The van der Waals surface area contributed by atoms with Crippen LogP contribution in [0, 0.1) is 6.92 Å². The molecule has 2 aromatic rings. The van der Waals surface area contributed by atoms with Crippen molar-refractivity contribution in [3.63, 3.8) is 0 Å². The predicted molar refractivity (Wildman–Crippen MR) is 87.8 cm³/mol. The number of aryl methyl sites for hydroxylation is 1. The minimum absolute atomic E-state index is 0.725. The molecule has 4 rings (SSSR count). The first-order valence-corrected chi connectivity index (χ1v) is 8.17. The molecule has 2 aliphatic rings. The Kier molecular flexibility index (Phi) is 3.31. The molecule has 1 nitrogen and oxygen atoms in total. The zero-order valence-electron chi connectivity index (χ0n) is 12.7. The number of nitrogens with one attached hydrogen (secondary N) is 1. The van der Waals surface area contributed by atoms with E-state index in [4.69, 9.17) is 0 Å². The van der Waals surface area contributed by atoms with Crippen LogP contribution < -0.4 is 5.32 Å². The topological polar surface area (TPSA) is 12.0 Å². The minimum Gasteiger partial charge on any atom is -0.313 e. The smallest absolute Gasteiger partial charge is 0.00789 e. The molecule has 1 atom stereocenters. The molecule has 1 unspecified atom stereocenters. The fraction of sp³-hybridized carbons (Fsp3) is 0.400. The second-order valence-corrected chi connectivity index (χ2v) is 6.79. The SMILES string of the molecule is Cc1cccc(C2CC(NCC3Cc4ccccc43)C2)c1. The average Bonchev–Trinajstić information content (AvgIpc) is 2.41. The van der Waals surface area contributed by atoms with E-state index in [9.17, 15) is 0 Å². The van der Waals surface area contributed by atoms with Gasteiger partial charge in [-0.25, -0.2) is 0 Å². The van der Waals surface area contributed by atoms with E-state index >= 15 is 0 Å². The van der Waals surface area contributed by atoms with Gasteiger partial charge < -0.3 is 5.32 Å². The second kappa shape index (κ2) is 5.31. The fourth-order valence-corrected chi connectivity index (χ4v) is 3.83. The van der Waals surface area contributed by atoms with Crippen LogP contribution in [0.15, 0.2) is 48.5 Å². The van der Waals surface area contributed by atoms with Gasteiger partial charge in [0.25, 0.3) is 0 Å². The van der Waals surface area contributed by atoms with E-state index in [1.807, 2.05) is 0 Å². The van der Waals surface area contributed by atoms with Gasteiger partial charge in [-0.3, -0.25) is 0 Å². The molecule has 0 amide bonds. The minimum atomic E-state index is 0.725. The Labute approximate surface area is 127 Å². The van der Waals surface area contributed by atoms with Crippen molar-refractivity contribution in [3.8, 4) is 0 Å². The molecule has 0 heterocycles. The van der Waals surface area contributed by atoms with Crippen LogP contribution in [0.4, 0.5) is 0 Å². The van der Waals surface area contributed by atoms with E-state index in [1.54, 1.807) is 11.1 Å². The first-order chi connectivity index (χ1) is 10.3. The monoisotopic (exact) mass is 277 g/mol. The maximum absolute atomic E-state index is 3.78. The molecule has 2 aromatic carbocycles. The summed E-state index contributed by atoms with van der Waals surface area (Å²) in [5, 5.41) is 3.78. The maximum Gasteiger partial charge on any atom is 0.00789 e. The van der Waals surface area contributed by atoms with Crippen LogP contribution in [-0.2, 0) is 6.42 Å². The van der Waals surface area contributed by atoms with E-state index in [1.165, 1.54) is 30.4 Å². The van der Waals surface area contributed by atoms with Gasteiger partial charge in [0.05, 0.1) is 0 Å². The average molecular weight is 277 g/mol. The first kappa shape index (κ1) is 13.1. The molecule has 1 saturated carbocycles. The van der Waals surface area contributed by atoms with Crippen LogP contribution in [0.1, 0.15) is 46.9 Å². The van der Waals surface area contributed by atoms with E-state index in [0.717, 1.165) is 24.4 Å². The van der Waals surface area contributed by atoms with Gasteiger partial charge in [-0.15, -0.1) is 0 Å². The molecule has 1 N–H and O–H groups in total. The highest BCUT2D eigenvalue weighted by atomic mass is 14.9. The number of hydrogen-bond donors (Lipinski definition) is 1. The van der Waals surface area contributed by atoms with Crippen molar-refractivity contribution >= 4 is 0 Å². The van der Waals surface area contributed by atoms with Crippen LogP contribution in [0.3, 0.4) is 0 Å². The summed E-state index contributed by atoms with van der Waals surface area (Å²) in [6.07, 6.45) is 3.87. The molecule has 0 saturated heterocycles.